The second kappa shape index (κ2) is 10.9. The molecule has 3 aromatic carbocycles. The van der Waals surface area contributed by atoms with Crippen molar-refractivity contribution in [3.8, 4) is 11.5 Å². The van der Waals surface area contributed by atoms with Gasteiger partial charge in [-0.3, -0.25) is 9.59 Å². The fraction of sp³-hybridized carbons (Fsp3) is 0.231. The van der Waals surface area contributed by atoms with Gasteiger partial charge >= 0.3 is 5.97 Å². The van der Waals surface area contributed by atoms with E-state index in [0.29, 0.717) is 38.9 Å². The summed E-state index contributed by atoms with van der Waals surface area (Å²) < 4.78 is 29.5. The number of carbonyl (C=O) groups is 2. The molecule has 0 saturated carbocycles. The Morgan fingerprint density at radius 1 is 0.972 bits per heavy atom. The molecule has 190 valence electrons. The van der Waals surface area contributed by atoms with Crippen LogP contribution in [-0.4, -0.2) is 37.4 Å². The van der Waals surface area contributed by atoms with Crippen LogP contribution in [0.15, 0.2) is 60.7 Å². The SMILES string of the molecule is CC(C)(C(=O)O)c1ccc(Oc2ccc(NC(=O)c3ccc(Cl)c(Cl)c3)cc2)c(CCS(C)(=O)=O)c1. The highest BCUT2D eigenvalue weighted by atomic mass is 35.5. The third-order valence-electron chi connectivity index (χ3n) is 5.58. The van der Waals surface area contributed by atoms with Gasteiger partial charge in [0.05, 0.1) is 21.2 Å². The molecule has 2 N–H and O–H groups in total. The molecule has 0 unspecified atom stereocenters. The number of carboxylic acids is 1. The van der Waals surface area contributed by atoms with Gasteiger partial charge in [-0.05, 0) is 79.9 Å². The van der Waals surface area contributed by atoms with Crippen LogP contribution in [-0.2, 0) is 26.5 Å². The molecule has 0 radical (unpaired) electrons. The number of rotatable bonds is 9. The van der Waals surface area contributed by atoms with Crippen LogP contribution in [0.2, 0.25) is 10.0 Å². The highest BCUT2D eigenvalue weighted by Gasteiger charge is 2.30. The van der Waals surface area contributed by atoms with Crippen LogP contribution in [0.4, 0.5) is 5.69 Å². The van der Waals surface area contributed by atoms with Crippen molar-refractivity contribution in [3.05, 3.63) is 87.4 Å². The average molecular weight is 550 g/mol. The average Bonchev–Trinajstić information content (AvgIpc) is 2.80. The largest absolute Gasteiger partial charge is 0.481 e. The Morgan fingerprint density at radius 3 is 2.22 bits per heavy atom. The lowest BCUT2D eigenvalue weighted by atomic mass is 9.83. The van der Waals surface area contributed by atoms with Crippen molar-refractivity contribution in [3.63, 3.8) is 0 Å². The van der Waals surface area contributed by atoms with E-state index in [1.54, 1.807) is 68.4 Å². The van der Waals surface area contributed by atoms with Gasteiger partial charge < -0.3 is 15.2 Å². The molecule has 1 amide bonds. The summed E-state index contributed by atoms with van der Waals surface area (Å²) in [5.41, 5.74) is 0.821. The second-order valence-electron chi connectivity index (χ2n) is 8.84. The van der Waals surface area contributed by atoms with Crippen molar-refractivity contribution in [2.24, 2.45) is 0 Å². The number of anilines is 1. The number of hydrogen-bond donors (Lipinski definition) is 2. The molecule has 0 atom stereocenters. The molecule has 7 nitrogen and oxygen atoms in total. The second-order valence-corrected chi connectivity index (χ2v) is 11.9. The smallest absolute Gasteiger partial charge is 0.313 e. The van der Waals surface area contributed by atoms with Crippen LogP contribution < -0.4 is 10.1 Å². The quantitative estimate of drug-likeness (QED) is 0.339. The van der Waals surface area contributed by atoms with E-state index in [1.165, 1.54) is 6.07 Å². The zero-order valence-corrected chi connectivity index (χ0v) is 22.2. The van der Waals surface area contributed by atoms with Crippen molar-refractivity contribution in [2.45, 2.75) is 25.7 Å². The Balaban J connectivity index is 1.81. The van der Waals surface area contributed by atoms with Crippen LogP contribution >= 0.6 is 23.2 Å². The molecule has 0 saturated heterocycles. The fourth-order valence-electron chi connectivity index (χ4n) is 3.26. The third kappa shape index (κ3) is 7.00. The van der Waals surface area contributed by atoms with Crippen molar-refractivity contribution < 1.29 is 27.9 Å². The first-order valence-electron chi connectivity index (χ1n) is 10.8. The van der Waals surface area contributed by atoms with Crippen molar-refractivity contribution in [1.29, 1.82) is 0 Å². The molecule has 3 aromatic rings. The first-order valence-corrected chi connectivity index (χ1v) is 13.7. The number of aliphatic carboxylic acids is 1. The van der Waals surface area contributed by atoms with Crippen LogP contribution in [0.3, 0.4) is 0 Å². The summed E-state index contributed by atoms with van der Waals surface area (Å²) in [6, 6.07) is 16.2. The maximum atomic E-state index is 12.5. The molecular formula is C26H25Cl2NO6S. The summed E-state index contributed by atoms with van der Waals surface area (Å²) in [7, 11) is -3.25. The van der Waals surface area contributed by atoms with E-state index >= 15 is 0 Å². The van der Waals surface area contributed by atoms with E-state index in [1.807, 2.05) is 0 Å². The van der Waals surface area contributed by atoms with Crippen molar-refractivity contribution >= 4 is 50.6 Å². The Hall–Kier alpha value is -3.07. The number of carbonyl (C=O) groups excluding carboxylic acids is 1. The molecular weight excluding hydrogens is 525 g/mol. The number of halogens is 2. The summed E-state index contributed by atoms with van der Waals surface area (Å²) in [4.78, 5) is 24.2. The maximum absolute atomic E-state index is 12.5. The molecule has 3 rings (SSSR count). The van der Waals surface area contributed by atoms with Gasteiger partial charge in [-0.25, -0.2) is 8.42 Å². The zero-order chi connectivity index (χ0) is 26.7. The molecule has 36 heavy (non-hydrogen) atoms. The van der Waals surface area contributed by atoms with Gasteiger partial charge in [0.1, 0.15) is 21.3 Å². The minimum atomic E-state index is -3.25. The summed E-state index contributed by atoms with van der Waals surface area (Å²) >= 11 is 11.9. The van der Waals surface area contributed by atoms with Gasteiger partial charge in [0.2, 0.25) is 0 Å². The molecule has 0 aliphatic carbocycles. The van der Waals surface area contributed by atoms with E-state index in [0.717, 1.165) is 6.26 Å². The minimum Gasteiger partial charge on any atom is -0.481 e. The van der Waals surface area contributed by atoms with Crippen LogP contribution in [0.5, 0.6) is 11.5 Å². The lowest BCUT2D eigenvalue weighted by Crippen LogP contribution is -2.28. The third-order valence-corrected chi connectivity index (χ3v) is 7.27. The summed E-state index contributed by atoms with van der Waals surface area (Å²) in [5.74, 6) is -0.602. The minimum absolute atomic E-state index is 0.111. The first kappa shape index (κ1) is 27.5. The maximum Gasteiger partial charge on any atom is 0.313 e. The van der Waals surface area contributed by atoms with Gasteiger partial charge in [0.25, 0.3) is 5.91 Å². The summed E-state index contributed by atoms with van der Waals surface area (Å²) in [5, 5.41) is 13.0. The summed E-state index contributed by atoms with van der Waals surface area (Å²) in [6.07, 6.45) is 1.30. The molecule has 10 heteroatoms. The lowest BCUT2D eigenvalue weighted by molar-refractivity contribution is -0.142. The number of ether oxygens (including phenoxy) is 1. The predicted molar refractivity (Wildman–Crippen MR) is 141 cm³/mol. The Labute approximate surface area is 219 Å². The molecule has 0 bridgehead atoms. The van der Waals surface area contributed by atoms with E-state index in [-0.39, 0.29) is 23.1 Å². The number of aryl methyl sites for hydroxylation is 1. The number of benzene rings is 3. The van der Waals surface area contributed by atoms with E-state index in [4.69, 9.17) is 27.9 Å². The van der Waals surface area contributed by atoms with Crippen LogP contribution in [0.1, 0.15) is 35.3 Å². The number of carboxylic acid groups (broad SMARTS) is 1. The number of hydrogen-bond acceptors (Lipinski definition) is 5. The predicted octanol–water partition coefficient (Wildman–Crippen LogP) is 5.99. The van der Waals surface area contributed by atoms with Crippen LogP contribution in [0.25, 0.3) is 0 Å². The number of nitrogens with one attached hydrogen (secondary N) is 1. The Bertz CT molecular complexity index is 1400. The van der Waals surface area contributed by atoms with E-state index in [2.05, 4.69) is 5.32 Å². The molecule has 0 heterocycles. The van der Waals surface area contributed by atoms with Gasteiger partial charge in [-0.15, -0.1) is 0 Å². The van der Waals surface area contributed by atoms with Gasteiger partial charge in [0, 0.05) is 17.5 Å². The highest BCUT2D eigenvalue weighted by Crippen LogP contribution is 2.32. The molecule has 0 aromatic heterocycles. The number of amides is 1. The van der Waals surface area contributed by atoms with Gasteiger partial charge in [0.15, 0.2) is 0 Å². The highest BCUT2D eigenvalue weighted by molar-refractivity contribution is 7.90. The monoisotopic (exact) mass is 549 g/mol. The molecule has 0 aliphatic rings. The Morgan fingerprint density at radius 2 is 1.64 bits per heavy atom. The molecule has 0 spiro atoms. The molecule has 0 fully saturated rings. The number of sulfone groups is 1. The zero-order valence-electron chi connectivity index (χ0n) is 19.8. The standard InChI is InChI=1S/C26H25Cl2NO6S/c1-26(2,25(31)32)18-5-11-23(16(14-18)12-13-36(3,33)34)35-20-8-6-19(7-9-20)29-24(30)17-4-10-21(27)22(28)15-17/h4-11,14-15H,12-13H2,1-3H3,(H,29,30)(H,31,32). The fourth-order valence-corrected chi connectivity index (χ4v) is 4.14. The van der Waals surface area contributed by atoms with Crippen molar-refractivity contribution in [2.75, 3.05) is 17.3 Å². The molecule has 0 aliphatic heterocycles. The normalized spacial score (nSPS) is 11.7. The van der Waals surface area contributed by atoms with Gasteiger partial charge in [-0.1, -0.05) is 35.3 Å². The van der Waals surface area contributed by atoms with Crippen LogP contribution in [0, 0.1) is 0 Å². The van der Waals surface area contributed by atoms with E-state index < -0.39 is 21.2 Å². The van der Waals surface area contributed by atoms with Gasteiger partial charge in [-0.2, -0.15) is 0 Å². The van der Waals surface area contributed by atoms with Crippen molar-refractivity contribution in [1.82, 2.24) is 0 Å². The van der Waals surface area contributed by atoms with E-state index in [9.17, 15) is 23.1 Å². The lowest BCUT2D eigenvalue weighted by Gasteiger charge is -2.22. The first-order chi connectivity index (χ1) is 16.8. The Kier molecular flexibility index (Phi) is 8.33. The topological polar surface area (TPSA) is 110 Å². The summed E-state index contributed by atoms with van der Waals surface area (Å²) in [6.45, 7) is 3.16.